The largest absolute Gasteiger partial charge is 0.315 e. The molecule has 0 spiro atoms. The molecule has 1 saturated carbocycles. The van der Waals surface area contributed by atoms with E-state index in [9.17, 15) is 0 Å². The summed E-state index contributed by atoms with van der Waals surface area (Å²) in [5.41, 5.74) is 0. The minimum Gasteiger partial charge on any atom is -0.315 e. The zero-order valence-corrected chi connectivity index (χ0v) is 10.4. The first-order valence-electron chi connectivity index (χ1n) is 6.60. The number of aromatic nitrogens is 3. The van der Waals surface area contributed by atoms with Crippen LogP contribution >= 0.6 is 0 Å². The van der Waals surface area contributed by atoms with Gasteiger partial charge in [0.1, 0.15) is 12.2 Å². The Labute approximate surface area is 107 Å². The molecule has 0 radical (unpaired) electrons. The Balaban J connectivity index is 1.47. The van der Waals surface area contributed by atoms with Gasteiger partial charge in [-0.15, -0.1) is 10.2 Å². The second-order valence-corrected chi connectivity index (χ2v) is 5.13. The van der Waals surface area contributed by atoms with Crippen molar-refractivity contribution in [1.82, 2.24) is 25.0 Å². The van der Waals surface area contributed by atoms with Crippen LogP contribution in [0.3, 0.4) is 0 Å². The van der Waals surface area contributed by atoms with Gasteiger partial charge in [-0.05, 0) is 19.3 Å². The lowest BCUT2D eigenvalue weighted by Gasteiger charge is -2.27. The first kappa shape index (κ1) is 11.6. The van der Waals surface area contributed by atoms with Crippen LogP contribution in [0.4, 0.5) is 0 Å². The maximum atomic E-state index is 9.10. The summed E-state index contributed by atoms with van der Waals surface area (Å²) in [6, 6.07) is 2.95. The van der Waals surface area contributed by atoms with Crippen LogP contribution in [0.5, 0.6) is 0 Å². The third kappa shape index (κ3) is 2.68. The molecule has 1 aromatic heterocycles. The Hall–Kier alpha value is -1.45. The van der Waals surface area contributed by atoms with Gasteiger partial charge in [-0.3, -0.25) is 10.2 Å². The maximum absolute atomic E-state index is 9.10. The molecule has 96 valence electrons. The molecule has 2 heterocycles. The summed E-state index contributed by atoms with van der Waals surface area (Å²) in [5.74, 6) is 1.03. The van der Waals surface area contributed by atoms with Gasteiger partial charge in [0.2, 0.25) is 0 Å². The van der Waals surface area contributed by atoms with Crippen LogP contribution in [-0.2, 0) is 13.1 Å². The zero-order chi connectivity index (χ0) is 12.4. The second kappa shape index (κ2) is 5.04. The fourth-order valence-electron chi connectivity index (χ4n) is 2.34. The molecule has 0 saturated heterocycles. The molecule has 0 bridgehead atoms. The molecule has 1 atom stereocenters. The highest BCUT2D eigenvalue weighted by molar-refractivity contribution is 4.97. The van der Waals surface area contributed by atoms with E-state index in [4.69, 9.17) is 5.26 Å². The summed E-state index contributed by atoms with van der Waals surface area (Å²) in [6.07, 6.45) is 5.14. The second-order valence-electron chi connectivity index (χ2n) is 5.13. The Morgan fingerprint density at radius 2 is 2.39 bits per heavy atom. The van der Waals surface area contributed by atoms with Gasteiger partial charge >= 0.3 is 0 Å². The van der Waals surface area contributed by atoms with E-state index < -0.39 is 0 Å². The third-order valence-electron chi connectivity index (χ3n) is 3.62. The van der Waals surface area contributed by atoms with E-state index in [1.807, 2.05) is 0 Å². The van der Waals surface area contributed by atoms with Gasteiger partial charge in [0, 0.05) is 25.7 Å². The van der Waals surface area contributed by atoms with E-state index >= 15 is 0 Å². The normalized spacial score (nSPS) is 21.3. The lowest BCUT2D eigenvalue weighted by atomic mass is 10.2. The van der Waals surface area contributed by atoms with Crippen molar-refractivity contribution in [3.8, 4) is 6.07 Å². The van der Waals surface area contributed by atoms with Crippen LogP contribution in [0.1, 0.15) is 25.1 Å². The Kier molecular flexibility index (Phi) is 3.26. The van der Waals surface area contributed by atoms with Crippen molar-refractivity contribution >= 4 is 0 Å². The molecule has 1 N–H and O–H groups in total. The van der Waals surface area contributed by atoms with Crippen molar-refractivity contribution in [2.75, 3.05) is 13.1 Å². The van der Waals surface area contributed by atoms with E-state index in [0.29, 0.717) is 6.04 Å². The van der Waals surface area contributed by atoms with Crippen molar-refractivity contribution in [2.24, 2.45) is 0 Å². The van der Waals surface area contributed by atoms with Crippen molar-refractivity contribution in [3.63, 3.8) is 0 Å². The molecule has 6 nitrogen and oxygen atoms in total. The van der Waals surface area contributed by atoms with Crippen molar-refractivity contribution in [3.05, 3.63) is 12.2 Å². The highest BCUT2D eigenvalue weighted by atomic mass is 15.3. The van der Waals surface area contributed by atoms with E-state index in [2.05, 4.69) is 31.1 Å². The van der Waals surface area contributed by atoms with Crippen LogP contribution in [0.15, 0.2) is 6.33 Å². The number of hydrogen-bond donors (Lipinski definition) is 1. The van der Waals surface area contributed by atoms with Gasteiger partial charge in [0.15, 0.2) is 0 Å². The molecule has 1 aliphatic heterocycles. The summed E-state index contributed by atoms with van der Waals surface area (Å²) in [4.78, 5) is 2.35. The quantitative estimate of drug-likeness (QED) is 0.799. The van der Waals surface area contributed by atoms with E-state index in [1.54, 1.807) is 6.33 Å². The number of nitriles is 1. The van der Waals surface area contributed by atoms with Gasteiger partial charge in [-0.2, -0.15) is 5.26 Å². The molecule has 3 rings (SSSR count). The summed E-state index contributed by atoms with van der Waals surface area (Å²) >= 11 is 0. The SMILES string of the molecule is N#CC(CCN1CCn2cnnc2C1)NC1CC1. The highest BCUT2D eigenvalue weighted by Crippen LogP contribution is 2.20. The van der Waals surface area contributed by atoms with Gasteiger partial charge in [-0.25, -0.2) is 0 Å². The van der Waals surface area contributed by atoms with Crippen LogP contribution < -0.4 is 5.32 Å². The molecule has 1 unspecified atom stereocenters. The summed E-state index contributed by atoms with van der Waals surface area (Å²) < 4.78 is 2.10. The van der Waals surface area contributed by atoms with Crippen molar-refractivity contribution < 1.29 is 0 Å². The molecular weight excluding hydrogens is 228 g/mol. The fourth-order valence-corrected chi connectivity index (χ4v) is 2.34. The lowest BCUT2D eigenvalue weighted by molar-refractivity contribution is 0.210. The first-order valence-corrected chi connectivity index (χ1v) is 6.60. The molecule has 0 aromatic carbocycles. The standard InChI is InChI=1S/C12H18N6/c13-7-11(15-10-1-2-10)3-4-17-5-6-18-9-14-16-12(18)8-17/h9-11,15H,1-6,8H2. The molecule has 2 aliphatic rings. The lowest BCUT2D eigenvalue weighted by Crippen LogP contribution is -2.38. The van der Waals surface area contributed by atoms with Gasteiger partial charge in [0.05, 0.1) is 18.7 Å². The van der Waals surface area contributed by atoms with Crippen LogP contribution in [0.2, 0.25) is 0 Å². The van der Waals surface area contributed by atoms with Crippen molar-refractivity contribution in [1.29, 1.82) is 5.26 Å². The number of nitrogens with one attached hydrogen (secondary N) is 1. The molecule has 6 heteroatoms. The number of rotatable bonds is 5. The smallest absolute Gasteiger partial charge is 0.147 e. The monoisotopic (exact) mass is 246 g/mol. The van der Waals surface area contributed by atoms with Crippen molar-refractivity contribution in [2.45, 2.75) is 44.4 Å². The molecule has 18 heavy (non-hydrogen) atoms. The first-order chi connectivity index (χ1) is 8.85. The summed E-state index contributed by atoms with van der Waals surface area (Å²) in [5, 5.41) is 20.5. The Bertz CT molecular complexity index is 444. The van der Waals surface area contributed by atoms with Gasteiger partial charge < -0.3 is 4.57 Å². The minimum atomic E-state index is -0.00250. The zero-order valence-electron chi connectivity index (χ0n) is 10.4. The molecule has 1 fully saturated rings. The Morgan fingerprint density at radius 1 is 1.50 bits per heavy atom. The fraction of sp³-hybridized carbons (Fsp3) is 0.750. The number of fused-ring (bicyclic) bond motifs is 1. The molecular formula is C12H18N6. The van der Waals surface area contributed by atoms with Crippen LogP contribution in [-0.4, -0.2) is 44.8 Å². The Morgan fingerprint density at radius 3 is 3.17 bits per heavy atom. The maximum Gasteiger partial charge on any atom is 0.147 e. The summed E-state index contributed by atoms with van der Waals surface area (Å²) in [7, 11) is 0. The van der Waals surface area contributed by atoms with Gasteiger partial charge in [-0.1, -0.05) is 0 Å². The van der Waals surface area contributed by atoms with Crippen LogP contribution in [0, 0.1) is 11.3 Å². The third-order valence-corrected chi connectivity index (χ3v) is 3.62. The predicted octanol–water partition coefficient (Wildman–Crippen LogP) is 0.128. The average molecular weight is 246 g/mol. The highest BCUT2D eigenvalue weighted by Gasteiger charge is 2.25. The molecule has 0 amide bonds. The number of hydrogen-bond acceptors (Lipinski definition) is 5. The van der Waals surface area contributed by atoms with E-state index in [0.717, 1.165) is 38.4 Å². The van der Waals surface area contributed by atoms with E-state index in [-0.39, 0.29) is 6.04 Å². The molecule has 1 aromatic rings. The average Bonchev–Trinajstić information content (AvgIpc) is 3.09. The van der Waals surface area contributed by atoms with Gasteiger partial charge in [0.25, 0.3) is 0 Å². The number of nitrogens with zero attached hydrogens (tertiary/aromatic N) is 5. The predicted molar refractivity (Wildman–Crippen MR) is 65.5 cm³/mol. The van der Waals surface area contributed by atoms with Crippen LogP contribution in [0.25, 0.3) is 0 Å². The summed E-state index contributed by atoms with van der Waals surface area (Å²) in [6.45, 7) is 3.77. The minimum absolute atomic E-state index is 0.00250. The molecule has 1 aliphatic carbocycles. The van der Waals surface area contributed by atoms with E-state index in [1.165, 1.54) is 12.8 Å². The topological polar surface area (TPSA) is 69.8 Å².